The quantitative estimate of drug-likeness (QED) is 0.827. The fourth-order valence-corrected chi connectivity index (χ4v) is 2.09. The second-order valence-electron chi connectivity index (χ2n) is 2.89. The molecule has 0 aliphatic rings. The van der Waals surface area contributed by atoms with E-state index in [0.717, 1.165) is 6.07 Å². The smallest absolute Gasteiger partial charge is 0.235 e. The lowest BCUT2D eigenvalue weighted by Crippen LogP contribution is -2.19. The number of hydrogen-bond donors (Lipinski definition) is 2. The Hall–Kier alpha value is -0.730. The Morgan fingerprint density at radius 2 is 1.94 bits per heavy atom. The van der Waals surface area contributed by atoms with Crippen molar-refractivity contribution in [1.82, 2.24) is 0 Å². The first kappa shape index (κ1) is 13.3. The first-order chi connectivity index (χ1) is 7.35. The van der Waals surface area contributed by atoms with Gasteiger partial charge >= 0.3 is 0 Å². The summed E-state index contributed by atoms with van der Waals surface area (Å²) in [6.45, 7) is -0.601. The van der Waals surface area contributed by atoms with Gasteiger partial charge in [-0.15, -0.1) is 0 Å². The van der Waals surface area contributed by atoms with E-state index in [1.165, 1.54) is 0 Å². The molecule has 0 atom stereocenters. The third-order valence-corrected chi connectivity index (χ3v) is 3.49. The van der Waals surface area contributed by atoms with Crippen LogP contribution in [0.4, 0.5) is 14.5 Å². The van der Waals surface area contributed by atoms with Crippen LogP contribution in [0.1, 0.15) is 0 Å². The van der Waals surface area contributed by atoms with Crippen LogP contribution in [0.5, 0.6) is 0 Å². The Balaban J connectivity index is 3.03. The first-order valence-corrected chi connectivity index (χ1v) is 6.56. The Bertz CT molecular complexity index is 492. The van der Waals surface area contributed by atoms with Gasteiger partial charge in [0.1, 0.15) is 11.6 Å². The molecule has 2 N–H and O–H groups in total. The highest BCUT2D eigenvalue weighted by molar-refractivity contribution is 9.10. The van der Waals surface area contributed by atoms with Gasteiger partial charge in [0.2, 0.25) is 10.0 Å². The lowest BCUT2D eigenvalue weighted by molar-refractivity contribution is 0.320. The summed E-state index contributed by atoms with van der Waals surface area (Å²) < 4.78 is 50.3. The number of sulfonamides is 1. The third kappa shape index (κ3) is 3.39. The van der Waals surface area contributed by atoms with Gasteiger partial charge in [0, 0.05) is 6.07 Å². The van der Waals surface area contributed by atoms with Crippen LogP contribution in [-0.2, 0) is 10.0 Å². The Morgan fingerprint density at radius 3 is 2.50 bits per heavy atom. The molecule has 0 aromatic heterocycles. The molecule has 0 spiro atoms. The summed E-state index contributed by atoms with van der Waals surface area (Å²) in [5.74, 6) is -2.28. The zero-order chi connectivity index (χ0) is 12.3. The van der Waals surface area contributed by atoms with Gasteiger partial charge in [-0.3, -0.25) is 4.72 Å². The first-order valence-electron chi connectivity index (χ1n) is 4.11. The summed E-state index contributed by atoms with van der Waals surface area (Å²) in [6.07, 6.45) is 0. The summed E-state index contributed by atoms with van der Waals surface area (Å²) in [4.78, 5) is 0. The fourth-order valence-electron chi connectivity index (χ4n) is 0.940. The zero-order valence-corrected chi connectivity index (χ0v) is 10.3. The van der Waals surface area contributed by atoms with Crippen LogP contribution in [0.15, 0.2) is 16.6 Å². The van der Waals surface area contributed by atoms with Crippen LogP contribution in [0.3, 0.4) is 0 Å². The number of aliphatic hydroxyl groups is 1. The predicted molar refractivity (Wildman–Crippen MR) is 58.6 cm³/mol. The Kier molecular flexibility index (Phi) is 4.22. The molecule has 8 heteroatoms. The summed E-state index contributed by atoms with van der Waals surface area (Å²) in [5.41, 5.74) is -0.492. The molecule has 0 fully saturated rings. The lowest BCUT2D eigenvalue weighted by atomic mass is 10.3. The van der Waals surface area contributed by atoms with E-state index in [4.69, 9.17) is 5.11 Å². The van der Waals surface area contributed by atoms with Crippen molar-refractivity contribution in [3.63, 3.8) is 0 Å². The van der Waals surface area contributed by atoms with Gasteiger partial charge in [-0.2, -0.15) is 0 Å². The minimum absolute atomic E-state index is 0.102. The van der Waals surface area contributed by atoms with Gasteiger partial charge in [-0.25, -0.2) is 17.2 Å². The summed E-state index contributed by atoms with van der Waals surface area (Å²) >= 11 is 2.76. The van der Waals surface area contributed by atoms with Gasteiger partial charge in [0.15, 0.2) is 0 Å². The summed E-state index contributed by atoms with van der Waals surface area (Å²) in [5, 5.41) is 8.45. The standard InChI is InChI=1S/C8H8BrF2NO3S/c9-5-3-7(11)8(4-6(5)10)12-16(14,15)2-1-13/h3-4,12-13H,1-2H2. The van der Waals surface area contributed by atoms with E-state index in [9.17, 15) is 17.2 Å². The molecule has 0 heterocycles. The topological polar surface area (TPSA) is 66.4 Å². The molecule has 0 bridgehead atoms. The van der Waals surface area contributed by atoms with E-state index < -0.39 is 39.7 Å². The Labute approximate surface area is 99.5 Å². The second kappa shape index (κ2) is 5.07. The summed E-state index contributed by atoms with van der Waals surface area (Å²) in [7, 11) is -3.86. The number of anilines is 1. The van der Waals surface area contributed by atoms with Gasteiger partial charge in [0.05, 0.1) is 22.5 Å². The number of halogens is 3. The average Bonchev–Trinajstić information content (AvgIpc) is 2.13. The third-order valence-electron chi connectivity index (χ3n) is 1.64. The van der Waals surface area contributed by atoms with E-state index in [1.807, 2.05) is 4.72 Å². The zero-order valence-electron chi connectivity index (χ0n) is 7.87. The van der Waals surface area contributed by atoms with Crippen molar-refractivity contribution >= 4 is 31.6 Å². The van der Waals surface area contributed by atoms with E-state index in [2.05, 4.69) is 15.9 Å². The molecule has 0 saturated heterocycles. The van der Waals surface area contributed by atoms with Crippen molar-refractivity contribution in [3.05, 3.63) is 28.2 Å². The molecule has 1 aromatic carbocycles. The molecule has 0 aliphatic carbocycles. The maximum atomic E-state index is 13.2. The van der Waals surface area contributed by atoms with Gasteiger partial charge in [-0.05, 0) is 22.0 Å². The molecule has 0 saturated carbocycles. The highest BCUT2D eigenvalue weighted by atomic mass is 79.9. The van der Waals surface area contributed by atoms with Crippen molar-refractivity contribution < 1.29 is 22.3 Å². The fraction of sp³-hybridized carbons (Fsp3) is 0.250. The van der Waals surface area contributed by atoms with Gasteiger partial charge in [-0.1, -0.05) is 0 Å². The largest absolute Gasteiger partial charge is 0.395 e. The molecule has 0 unspecified atom stereocenters. The highest BCUT2D eigenvalue weighted by Gasteiger charge is 2.14. The highest BCUT2D eigenvalue weighted by Crippen LogP contribution is 2.23. The Morgan fingerprint density at radius 1 is 1.31 bits per heavy atom. The van der Waals surface area contributed by atoms with E-state index in [-0.39, 0.29) is 4.47 Å². The van der Waals surface area contributed by atoms with E-state index in [0.29, 0.717) is 6.07 Å². The van der Waals surface area contributed by atoms with Crippen molar-refractivity contribution in [2.45, 2.75) is 0 Å². The molecule has 1 rings (SSSR count). The van der Waals surface area contributed by atoms with E-state index in [1.54, 1.807) is 0 Å². The number of benzene rings is 1. The van der Waals surface area contributed by atoms with Crippen LogP contribution >= 0.6 is 15.9 Å². The monoisotopic (exact) mass is 315 g/mol. The number of nitrogens with one attached hydrogen (secondary N) is 1. The van der Waals surface area contributed by atoms with E-state index >= 15 is 0 Å². The van der Waals surface area contributed by atoms with Crippen LogP contribution in [-0.4, -0.2) is 25.9 Å². The number of aliphatic hydroxyl groups excluding tert-OH is 1. The van der Waals surface area contributed by atoms with Crippen molar-refractivity contribution in [1.29, 1.82) is 0 Å². The number of hydrogen-bond acceptors (Lipinski definition) is 3. The minimum atomic E-state index is -3.86. The van der Waals surface area contributed by atoms with Crippen molar-refractivity contribution in [3.8, 4) is 0 Å². The van der Waals surface area contributed by atoms with Crippen LogP contribution < -0.4 is 4.72 Å². The normalized spacial score (nSPS) is 11.5. The van der Waals surface area contributed by atoms with Gasteiger partial charge < -0.3 is 5.11 Å². The predicted octanol–water partition coefficient (Wildman–Crippen LogP) is 1.46. The van der Waals surface area contributed by atoms with Gasteiger partial charge in [0.25, 0.3) is 0 Å². The SMILES string of the molecule is O=S(=O)(CCO)Nc1cc(F)c(Br)cc1F. The van der Waals surface area contributed by atoms with Crippen molar-refractivity contribution in [2.75, 3.05) is 17.1 Å². The summed E-state index contributed by atoms with van der Waals surface area (Å²) in [6, 6.07) is 1.53. The van der Waals surface area contributed by atoms with Crippen LogP contribution in [0, 0.1) is 11.6 Å². The van der Waals surface area contributed by atoms with Crippen LogP contribution in [0.2, 0.25) is 0 Å². The second-order valence-corrected chi connectivity index (χ2v) is 5.59. The molecule has 4 nitrogen and oxygen atoms in total. The lowest BCUT2D eigenvalue weighted by Gasteiger charge is -2.08. The molecule has 90 valence electrons. The molecule has 0 amide bonds. The molecule has 16 heavy (non-hydrogen) atoms. The molecule has 0 radical (unpaired) electrons. The average molecular weight is 316 g/mol. The molecular weight excluding hydrogens is 308 g/mol. The maximum absolute atomic E-state index is 13.2. The number of rotatable bonds is 4. The minimum Gasteiger partial charge on any atom is -0.395 e. The van der Waals surface area contributed by atoms with Crippen molar-refractivity contribution in [2.24, 2.45) is 0 Å². The molecular formula is C8H8BrF2NO3S. The molecule has 1 aromatic rings. The maximum Gasteiger partial charge on any atom is 0.235 e. The van der Waals surface area contributed by atoms with Crippen LogP contribution in [0.25, 0.3) is 0 Å². The molecule has 0 aliphatic heterocycles.